The van der Waals surface area contributed by atoms with E-state index in [1.807, 2.05) is 6.92 Å². The Labute approximate surface area is 92.5 Å². The third-order valence-electron chi connectivity index (χ3n) is 2.36. The molecule has 2 nitrogen and oxygen atoms in total. The zero-order valence-corrected chi connectivity index (χ0v) is 9.62. The second-order valence-electron chi connectivity index (χ2n) is 3.18. The first kappa shape index (κ1) is 11.3. The Bertz CT molecular complexity index is 382. The molecule has 1 aromatic carbocycles. The molecule has 1 aromatic rings. The van der Waals surface area contributed by atoms with Gasteiger partial charge in [0.15, 0.2) is 0 Å². The number of carboxylic acid groups (broad SMARTS) is 1. The molecule has 4 heteroatoms. The van der Waals surface area contributed by atoms with Crippen molar-refractivity contribution in [2.45, 2.75) is 20.8 Å². The molecule has 0 atom stereocenters. The van der Waals surface area contributed by atoms with E-state index in [1.54, 1.807) is 13.8 Å². The minimum atomic E-state index is -1.04. The summed E-state index contributed by atoms with van der Waals surface area (Å²) in [5.74, 6) is -1.04. The quantitative estimate of drug-likeness (QED) is 0.804. The Morgan fingerprint density at radius 1 is 1.00 bits per heavy atom. The summed E-state index contributed by atoms with van der Waals surface area (Å²) in [6, 6.07) is 0. The van der Waals surface area contributed by atoms with Gasteiger partial charge in [0.2, 0.25) is 0 Å². The molecule has 1 N–H and O–H groups in total. The third-order valence-corrected chi connectivity index (χ3v) is 3.40. The number of aromatic carboxylic acids is 1. The predicted molar refractivity (Wildman–Crippen MR) is 57.6 cm³/mol. The number of hydrogen-bond acceptors (Lipinski definition) is 1. The third kappa shape index (κ3) is 1.60. The van der Waals surface area contributed by atoms with Gasteiger partial charge in [0.1, 0.15) is 0 Å². The van der Waals surface area contributed by atoms with E-state index in [-0.39, 0.29) is 10.6 Å². The molecule has 0 amide bonds. The van der Waals surface area contributed by atoms with Gasteiger partial charge in [0, 0.05) is 5.02 Å². The van der Waals surface area contributed by atoms with Crippen LogP contribution < -0.4 is 0 Å². The van der Waals surface area contributed by atoms with Crippen molar-refractivity contribution in [1.29, 1.82) is 0 Å². The fourth-order valence-corrected chi connectivity index (χ4v) is 1.93. The summed E-state index contributed by atoms with van der Waals surface area (Å²) in [4.78, 5) is 10.9. The number of halogens is 2. The van der Waals surface area contributed by atoms with Gasteiger partial charge in [0.25, 0.3) is 0 Å². The van der Waals surface area contributed by atoms with Crippen LogP contribution in [0.2, 0.25) is 10.0 Å². The summed E-state index contributed by atoms with van der Waals surface area (Å²) in [6.07, 6.45) is 0. The van der Waals surface area contributed by atoms with Gasteiger partial charge in [0.05, 0.1) is 10.6 Å². The topological polar surface area (TPSA) is 37.3 Å². The summed E-state index contributed by atoms with van der Waals surface area (Å²) >= 11 is 11.9. The molecule has 0 aromatic heterocycles. The van der Waals surface area contributed by atoms with Crippen molar-refractivity contribution in [1.82, 2.24) is 0 Å². The molecule has 14 heavy (non-hydrogen) atoms. The summed E-state index contributed by atoms with van der Waals surface area (Å²) in [6.45, 7) is 5.24. The Hall–Kier alpha value is -0.730. The van der Waals surface area contributed by atoms with E-state index in [0.717, 1.165) is 11.1 Å². The fourth-order valence-electron chi connectivity index (χ4n) is 1.33. The first-order chi connectivity index (χ1) is 6.37. The van der Waals surface area contributed by atoms with Crippen molar-refractivity contribution < 1.29 is 9.90 Å². The molecule has 0 unspecified atom stereocenters. The van der Waals surface area contributed by atoms with Crippen LogP contribution in [0.15, 0.2) is 0 Å². The lowest BCUT2D eigenvalue weighted by molar-refractivity contribution is 0.0696. The van der Waals surface area contributed by atoms with Crippen molar-refractivity contribution in [3.63, 3.8) is 0 Å². The maximum atomic E-state index is 10.9. The smallest absolute Gasteiger partial charge is 0.337 e. The van der Waals surface area contributed by atoms with Gasteiger partial charge in [-0.25, -0.2) is 4.79 Å². The Morgan fingerprint density at radius 2 is 1.43 bits per heavy atom. The zero-order chi connectivity index (χ0) is 11.0. The van der Waals surface area contributed by atoms with Gasteiger partial charge in [-0.05, 0) is 37.5 Å². The summed E-state index contributed by atoms with van der Waals surface area (Å²) in [5.41, 5.74) is 2.17. The van der Waals surface area contributed by atoms with Crippen LogP contribution in [0.4, 0.5) is 0 Å². The van der Waals surface area contributed by atoms with Crippen molar-refractivity contribution >= 4 is 29.2 Å². The van der Waals surface area contributed by atoms with Gasteiger partial charge in [-0.3, -0.25) is 0 Å². The minimum Gasteiger partial charge on any atom is -0.478 e. The molecule has 0 saturated heterocycles. The lowest BCUT2D eigenvalue weighted by Crippen LogP contribution is -2.04. The van der Waals surface area contributed by atoms with E-state index >= 15 is 0 Å². The molecule has 0 bridgehead atoms. The highest BCUT2D eigenvalue weighted by molar-refractivity contribution is 6.37. The predicted octanol–water partition coefficient (Wildman–Crippen LogP) is 3.62. The van der Waals surface area contributed by atoms with E-state index in [2.05, 4.69) is 0 Å². The van der Waals surface area contributed by atoms with Crippen LogP contribution in [0, 0.1) is 20.8 Å². The second-order valence-corrected chi connectivity index (χ2v) is 3.94. The van der Waals surface area contributed by atoms with E-state index in [9.17, 15) is 4.79 Å². The van der Waals surface area contributed by atoms with Crippen LogP contribution in [0.1, 0.15) is 27.0 Å². The minimum absolute atomic E-state index is 0.0970. The standard InChI is InChI=1S/C10H10Cl2O2/c1-4-5(2)9(12)7(10(13)14)6(3)8(4)11/h1-3H3,(H,13,14). The largest absolute Gasteiger partial charge is 0.478 e. The molecule has 1 rings (SSSR count). The highest BCUT2D eigenvalue weighted by Crippen LogP contribution is 2.33. The van der Waals surface area contributed by atoms with E-state index < -0.39 is 5.97 Å². The molecule has 76 valence electrons. The first-order valence-electron chi connectivity index (χ1n) is 4.06. The lowest BCUT2D eigenvalue weighted by atomic mass is 10.0. The molecule has 0 aliphatic rings. The maximum absolute atomic E-state index is 10.9. The normalized spacial score (nSPS) is 10.4. The molecular weight excluding hydrogens is 223 g/mol. The summed E-state index contributed by atoms with van der Waals surface area (Å²) in [7, 11) is 0. The first-order valence-corrected chi connectivity index (χ1v) is 4.81. The van der Waals surface area contributed by atoms with Crippen LogP contribution in [-0.4, -0.2) is 11.1 Å². The second kappa shape index (κ2) is 3.79. The van der Waals surface area contributed by atoms with Gasteiger partial charge in [-0.15, -0.1) is 0 Å². The molecule has 0 spiro atoms. The molecule has 0 saturated carbocycles. The van der Waals surface area contributed by atoms with Gasteiger partial charge in [-0.1, -0.05) is 23.2 Å². The lowest BCUT2D eigenvalue weighted by Gasteiger charge is -2.12. The monoisotopic (exact) mass is 232 g/mol. The maximum Gasteiger partial charge on any atom is 0.337 e. The average molecular weight is 233 g/mol. The van der Waals surface area contributed by atoms with Crippen LogP contribution >= 0.6 is 23.2 Å². The molecule has 0 fully saturated rings. The number of benzene rings is 1. The van der Waals surface area contributed by atoms with Gasteiger partial charge >= 0.3 is 5.97 Å². The Kier molecular flexibility index (Phi) is 3.07. The van der Waals surface area contributed by atoms with Crippen molar-refractivity contribution in [3.8, 4) is 0 Å². The number of hydrogen-bond donors (Lipinski definition) is 1. The van der Waals surface area contributed by atoms with Crippen LogP contribution in [-0.2, 0) is 0 Å². The van der Waals surface area contributed by atoms with E-state index in [1.165, 1.54) is 0 Å². The average Bonchev–Trinajstić information content (AvgIpc) is 2.11. The van der Waals surface area contributed by atoms with Crippen molar-refractivity contribution in [2.75, 3.05) is 0 Å². The van der Waals surface area contributed by atoms with Crippen LogP contribution in [0.25, 0.3) is 0 Å². The Balaban J connectivity index is 3.68. The molecule has 0 radical (unpaired) electrons. The van der Waals surface area contributed by atoms with Crippen LogP contribution in [0.3, 0.4) is 0 Å². The van der Waals surface area contributed by atoms with Gasteiger partial charge < -0.3 is 5.11 Å². The van der Waals surface area contributed by atoms with Crippen LogP contribution in [0.5, 0.6) is 0 Å². The van der Waals surface area contributed by atoms with Crippen molar-refractivity contribution in [3.05, 3.63) is 32.3 Å². The molecule has 0 aliphatic heterocycles. The van der Waals surface area contributed by atoms with E-state index in [4.69, 9.17) is 28.3 Å². The Morgan fingerprint density at radius 3 is 1.86 bits per heavy atom. The number of carbonyl (C=O) groups is 1. The molecule has 0 heterocycles. The molecule has 0 aliphatic carbocycles. The number of carboxylic acids is 1. The van der Waals surface area contributed by atoms with E-state index in [0.29, 0.717) is 10.6 Å². The van der Waals surface area contributed by atoms with Crippen molar-refractivity contribution in [2.24, 2.45) is 0 Å². The fraction of sp³-hybridized carbons (Fsp3) is 0.300. The summed E-state index contributed by atoms with van der Waals surface area (Å²) < 4.78 is 0. The van der Waals surface area contributed by atoms with Gasteiger partial charge in [-0.2, -0.15) is 0 Å². The summed E-state index contributed by atoms with van der Waals surface area (Å²) in [5, 5.41) is 9.69. The number of rotatable bonds is 1. The highest BCUT2D eigenvalue weighted by Gasteiger charge is 2.19. The zero-order valence-electron chi connectivity index (χ0n) is 8.11. The highest BCUT2D eigenvalue weighted by atomic mass is 35.5. The SMILES string of the molecule is Cc1c(C)c(Cl)c(C(=O)O)c(C)c1Cl. The molecular formula is C10H10Cl2O2.